The summed E-state index contributed by atoms with van der Waals surface area (Å²) in [5.74, 6) is 0.739. The molecule has 3 rings (SSSR count). The van der Waals surface area contributed by atoms with Crippen LogP contribution in [0.4, 0.5) is 0 Å². The predicted octanol–water partition coefficient (Wildman–Crippen LogP) is 3.89. The molecular formula is C19H21NO2. The third-order valence-corrected chi connectivity index (χ3v) is 4.49. The van der Waals surface area contributed by atoms with Gasteiger partial charge in [0.2, 0.25) is 0 Å². The molecule has 1 fully saturated rings. The number of methoxy groups -OCH3 is 1. The number of nitrogens with one attached hydrogen (secondary N) is 1. The van der Waals surface area contributed by atoms with E-state index in [1.165, 1.54) is 5.56 Å². The van der Waals surface area contributed by atoms with Crippen molar-refractivity contribution in [1.29, 1.82) is 0 Å². The summed E-state index contributed by atoms with van der Waals surface area (Å²) in [4.78, 5) is 12.6. The number of rotatable bonds is 4. The lowest BCUT2D eigenvalue weighted by Crippen LogP contribution is -2.43. The van der Waals surface area contributed by atoms with E-state index in [1.54, 1.807) is 7.11 Å². The molecule has 0 unspecified atom stereocenters. The summed E-state index contributed by atoms with van der Waals surface area (Å²) >= 11 is 0. The van der Waals surface area contributed by atoms with Crippen LogP contribution in [-0.4, -0.2) is 13.0 Å². The smallest absolute Gasteiger partial charge is 0.251 e. The lowest BCUT2D eigenvalue weighted by atomic mass is 9.88. The van der Waals surface area contributed by atoms with E-state index in [1.807, 2.05) is 42.5 Å². The van der Waals surface area contributed by atoms with Gasteiger partial charge < -0.3 is 10.1 Å². The molecule has 0 aliphatic heterocycles. The molecular weight excluding hydrogens is 274 g/mol. The molecule has 3 nitrogen and oxygen atoms in total. The largest absolute Gasteiger partial charge is 0.497 e. The zero-order valence-electron chi connectivity index (χ0n) is 12.8. The van der Waals surface area contributed by atoms with Crippen LogP contribution >= 0.6 is 0 Å². The molecule has 0 saturated heterocycles. The van der Waals surface area contributed by atoms with Gasteiger partial charge in [0.1, 0.15) is 5.75 Å². The first-order chi connectivity index (χ1) is 10.7. The number of amides is 1. The molecule has 0 aromatic heterocycles. The van der Waals surface area contributed by atoms with Crippen molar-refractivity contribution in [3.05, 3.63) is 65.7 Å². The van der Waals surface area contributed by atoms with Crippen molar-refractivity contribution in [2.24, 2.45) is 0 Å². The fourth-order valence-corrected chi connectivity index (χ4v) is 3.25. The van der Waals surface area contributed by atoms with E-state index in [4.69, 9.17) is 4.74 Å². The van der Waals surface area contributed by atoms with Crippen molar-refractivity contribution >= 4 is 5.91 Å². The van der Waals surface area contributed by atoms with Gasteiger partial charge in [-0.2, -0.15) is 0 Å². The Bertz CT molecular complexity index is 628. The summed E-state index contributed by atoms with van der Waals surface area (Å²) in [6.07, 6.45) is 4.30. The normalized spacial score (nSPS) is 16.2. The van der Waals surface area contributed by atoms with Crippen LogP contribution in [0, 0.1) is 0 Å². The first kappa shape index (κ1) is 14.6. The second-order valence-electron chi connectivity index (χ2n) is 5.84. The van der Waals surface area contributed by atoms with Crippen molar-refractivity contribution in [3.63, 3.8) is 0 Å². The molecule has 0 radical (unpaired) electrons. The third kappa shape index (κ3) is 2.84. The molecule has 114 valence electrons. The number of hydrogen-bond acceptors (Lipinski definition) is 2. The van der Waals surface area contributed by atoms with Gasteiger partial charge in [0.15, 0.2) is 0 Å². The molecule has 0 heterocycles. The van der Waals surface area contributed by atoms with Crippen molar-refractivity contribution in [2.75, 3.05) is 7.11 Å². The van der Waals surface area contributed by atoms with Crippen LogP contribution in [-0.2, 0) is 5.54 Å². The average Bonchev–Trinajstić information content (AvgIpc) is 3.05. The Morgan fingerprint density at radius 2 is 1.64 bits per heavy atom. The maximum Gasteiger partial charge on any atom is 0.251 e. The first-order valence-electron chi connectivity index (χ1n) is 7.76. The van der Waals surface area contributed by atoms with E-state index in [-0.39, 0.29) is 11.4 Å². The first-order valence-corrected chi connectivity index (χ1v) is 7.76. The molecule has 0 spiro atoms. The van der Waals surface area contributed by atoms with Gasteiger partial charge in [-0.3, -0.25) is 4.79 Å². The highest BCUT2D eigenvalue weighted by Gasteiger charge is 2.37. The van der Waals surface area contributed by atoms with Gasteiger partial charge in [-0.25, -0.2) is 0 Å². The van der Waals surface area contributed by atoms with E-state index in [2.05, 4.69) is 17.4 Å². The molecule has 1 N–H and O–H groups in total. The average molecular weight is 295 g/mol. The summed E-state index contributed by atoms with van der Waals surface area (Å²) < 4.78 is 5.14. The van der Waals surface area contributed by atoms with Gasteiger partial charge in [-0.05, 0) is 42.7 Å². The number of benzene rings is 2. The monoisotopic (exact) mass is 295 g/mol. The van der Waals surface area contributed by atoms with E-state index < -0.39 is 0 Å². The summed E-state index contributed by atoms with van der Waals surface area (Å²) in [7, 11) is 1.62. The molecule has 22 heavy (non-hydrogen) atoms. The quantitative estimate of drug-likeness (QED) is 0.929. The van der Waals surface area contributed by atoms with Crippen LogP contribution in [0.2, 0.25) is 0 Å². The fourth-order valence-electron chi connectivity index (χ4n) is 3.25. The van der Waals surface area contributed by atoms with Gasteiger partial charge in [0, 0.05) is 5.56 Å². The molecule has 1 amide bonds. The van der Waals surface area contributed by atoms with Crippen molar-refractivity contribution < 1.29 is 9.53 Å². The Hall–Kier alpha value is -2.29. The number of carbonyl (C=O) groups is 1. The molecule has 1 aliphatic carbocycles. The molecule has 0 bridgehead atoms. The maximum absolute atomic E-state index is 12.6. The second kappa shape index (κ2) is 6.22. The van der Waals surface area contributed by atoms with Gasteiger partial charge in [0.05, 0.1) is 12.6 Å². The van der Waals surface area contributed by atoms with E-state index >= 15 is 0 Å². The van der Waals surface area contributed by atoms with Crippen LogP contribution in [0.3, 0.4) is 0 Å². The van der Waals surface area contributed by atoms with Gasteiger partial charge in [-0.1, -0.05) is 43.2 Å². The van der Waals surface area contributed by atoms with Crippen molar-refractivity contribution in [3.8, 4) is 5.75 Å². The lowest BCUT2D eigenvalue weighted by molar-refractivity contribution is 0.0898. The third-order valence-electron chi connectivity index (χ3n) is 4.49. The highest BCUT2D eigenvalue weighted by molar-refractivity contribution is 5.94. The standard InChI is InChI=1S/C19H21NO2/c1-22-17-11-9-15(10-12-17)18(21)20-19(13-5-6-14-19)16-7-3-2-4-8-16/h2-4,7-12H,5-6,13-14H2,1H3,(H,20,21). The molecule has 3 heteroatoms. The molecule has 0 atom stereocenters. The highest BCUT2D eigenvalue weighted by atomic mass is 16.5. The van der Waals surface area contributed by atoms with Crippen molar-refractivity contribution in [2.45, 2.75) is 31.2 Å². The van der Waals surface area contributed by atoms with Gasteiger partial charge in [-0.15, -0.1) is 0 Å². The zero-order valence-corrected chi connectivity index (χ0v) is 12.8. The zero-order chi connectivity index (χ0) is 15.4. The van der Waals surface area contributed by atoms with Crippen molar-refractivity contribution in [1.82, 2.24) is 5.32 Å². The van der Waals surface area contributed by atoms with Gasteiger partial charge >= 0.3 is 0 Å². The minimum Gasteiger partial charge on any atom is -0.497 e. The summed E-state index contributed by atoms with van der Waals surface area (Å²) in [5.41, 5.74) is 1.65. The van der Waals surface area contributed by atoms with E-state index in [0.717, 1.165) is 31.4 Å². The highest BCUT2D eigenvalue weighted by Crippen LogP contribution is 2.38. The summed E-state index contributed by atoms with van der Waals surface area (Å²) in [5, 5.41) is 3.28. The Morgan fingerprint density at radius 1 is 1.00 bits per heavy atom. The number of ether oxygens (including phenoxy) is 1. The Labute approximate surface area is 131 Å². The van der Waals surface area contributed by atoms with Crippen LogP contribution in [0.5, 0.6) is 5.75 Å². The molecule has 1 aliphatic rings. The Balaban J connectivity index is 1.83. The SMILES string of the molecule is COc1ccc(C(=O)NC2(c3ccccc3)CCCC2)cc1. The molecule has 2 aromatic rings. The summed E-state index contributed by atoms with van der Waals surface area (Å²) in [6.45, 7) is 0. The van der Waals surface area contributed by atoms with Gasteiger partial charge in [0.25, 0.3) is 5.91 Å². The maximum atomic E-state index is 12.6. The molecule has 2 aromatic carbocycles. The fraction of sp³-hybridized carbons (Fsp3) is 0.316. The van der Waals surface area contributed by atoms with E-state index in [0.29, 0.717) is 5.56 Å². The Morgan fingerprint density at radius 3 is 2.23 bits per heavy atom. The molecule has 1 saturated carbocycles. The minimum absolute atomic E-state index is 0.0200. The van der Waals surface area contributed by atoms with Crippen LogP contribution in [0.15, 0.2) is 54.6 Å². The van der Waals surface area contributed by atoms with Crippen LogP contribution in [0.1, 0.15) is 41.6 Å². The lowest BCUT2D eigenvalue weighted by Gasteiger charge is -2.31. The Kier molecular flexibility index (Phi) is 4.14. The number of hydrogen-bond donors (Lipinski definition) is 1. The number of carbonyl (C=O) groups excluding carboxylic acids is 1. The topological polar surface area (TPSA) is 38.3 Å². The second-order valence-corrected chi connectivity index (χ2v) is 5.84. The van der Waals surface area contributed by atoms with Crippen LogP contribution in [0.25, 0.3) is 0 Å². The summed E-state index contributed by atoms with van der Waals surface area (Å²) in [6, 6.07) is 17.6. The predicted molar refractivity (Wildman–Crippen MR) is 87.0 cm³/mol. The minimum atomic E-state index is -0.224. The van der Waals surface area contributed by atoms with Crippen LogP contribution < -0.4 is 10.1 Å². The van der Waals surface area contributed by atoms with E-state index in [9.17, 15) is 4.79 Å².